The highest BCUT2D eigenvalue weighted by molar-refractivity contribution is 5.96. The van der Waals surface area contributed by atoms with E-state index in [2.05, 4.69) is 5.10 Å². The second-order valence-corrected chi connectivity index (χ2v) is 4.24. The molecule has 0 aliphatic rings. The molecule has 0 bridgehead atoms. The molecule has 21 heavy (non-hydrogen) atoms. The summed E-state index contributed by atoms with van der Waals surface area (Å²) in [6.45, 7) is 0.0888. The number of methoxy groups -OCH3 is 2. The summed E-state index contributed by atoms with van der Waals surface area (Å²) in [5.74, 6) is -0.253. The van der Waals surface area contributed by atoms with Crippen LogP contribution in [0.1, 0.15) is 15.9 Å². The number of carbonyl (C=O) groups is 1. The molecule has 0 amide bonds. The van der Waals surface area contributed by atoms with Crippen LogP contribution < -0.4 is 16.0 Å². The summed E-state index contributed by atoms with van der Waals surface area (Å²) in [7, 11) is 2.73. The van der Waals surface area contributed by atoms with E-state index in [9.17, 15) is 9.59 Å². The summed E-state index contributed by atoms with van der Waals surface area (Å²) < 4.78 is 10.9. The van der Waals surface area contributed by atoms with Gasteiger partial charge in [-0.1, -0.05) is 12.1 Å². The monoisotopic (exact) mass is 289 g/mol. The van der Waals surface area contributed by atoms with E-state index in [1.54, 1.807) is 18.2 Å². The topological polar surface area (TPSA) is 96.4 Å². The van der Waals surface area contributed by atoms with Gasteiger partial charge in [-0.15, -0.1) is 5.10 Å². The molecule has 1 heterocycles. The summed E-state index contributed by atoms with van der Waals surface area (Å²) in [5.41, 5.74) is 6.57. The average molecular weight is 289 g/mol. The van der Waals surface area contributed by atoms with E-state index in [4.69, 9.17) is 15.2 Å². The lowest BCUT2D eigenvalue weighted by atomic mass is 10.1. The lowest BCUT2D eigenvalue weighted by Gasteiger charge is -2.11. The molecule has 0 saturated carbocycles. The molecule has 0 aliphatic carbocycles. The van der Waals surface area contributed by atoms with Gasteiger partial charge in [0.1, 0.15) is 0 Å². The number of nitrogen functional groups attached to an aromatic ring is 1. The van der Waals surface area contributed by atoms with Crippen molar-refractivity contribution in [2.45, 2.75) is 6.54 Å². The van der Waals surface area contributed by atoms with Crippen LogP contribution in [0, 0.1) is 0 Å². The highest BCUT2D eigenvalue weighted by Gasteiger charge is 2.16. The Balaban J connectivity index is 2.47. The normalized spacial score (nSPS) is 10.2. The van der Waals surface area contributed by atoms with Gasteiger partial charge in [0.15, 0.2) is 0 Å². The number of benzene rings is 1. The van der Waals surface area contributed by atoms with Gasteiger partial charge in [-0.25, -0.2) is 9.48 Å². The number of ether oxygens (including phenoxy) is 2. The van der Waals surface area contributed by atoms with Gasteiger partial charge < -0.3 is 15.2 Å². The van der Waals surface area contributed by atoms with Crippen LogP contribution in [-0.4, -0.2) is 30.0 Å². The van der Waals surface area contributed by atoms with Gasteiger partial charge in [0.05, 0.1) is 26.3 Å². The maximum Gasteiger partial charge on any atom is 0.340 e. The Morgan fingerprint density at radius 3 is 2.71 bits per heavy atom. The molecule has 0 radical (unpaired) electrons. The number of hydrogen-bond acceptors (Lipinski definition) is 6. The minimum Gasteiger partial charge on any atom is -0.480 e. The predicted molar refractivity (Wildman–Crippen MR) is 76.3 cm³/mol. The summed E-state index contributed by atoms with van der Waals surface area (Å²) in [5, 5.41) is 4.03. The molecule has 2 rings (SSSR count). The predicted octanol–water partition coefficient (Wildman–Crippen LogP) is 0.669. The number of hydrogen-bond donors (Lipinski definition) is 1. The van der Waals surface area contributed by atoms with E-state index < -0.39 is 5.97 Å². The Labute approximate surface area is 120 Å². The lowest BCUT2D eigenvalue weighted by Crippen LogP contribution is -2.24. The largest absolute Gasteiger partial charge is 0.480 e. The molecule has 2 N–H and O–H groups in total. The zero-order valence-corrected chi connectivity index (χ0v) is 11.7. The van der Waals surface area contributed by atoms with Crippen LogP contribution in [0.2, 0.25) is 0 Å². The Morgan fingerprint density at radius 1 is 1.29 bits per heavy atom. The number of nitrogens with two attached hydrogens (primary N) is 1. The van der Waals surface area contributed by atoms with Gasteiger partial charge in [-0.2, -0.15) is 0 Å². The first-order valence-corrected chi connectivity index (χ1v) is 6.14. The molecule has 0 spiro atoms. The number of aromatic nitrogens is 2. The fraction of sp³-hybridized carbons (Fsp3) is 0.214. The highest BCUT2D eigenvalue weighted by atomic mass is 16.5. The van der Waals surface area contributed by atoms with Crippen molar-refractivity contribution in [1.29, 1.82) is 0 Å². The third kappa shape index (κ3) is 3.02. The van der Waals surface area contributed by atoms with Gasteiger partial charge in [0.25, 0.3) is 5.56 Å². The molecule has 7 nitrogen and oxygen atoms in total. The van der Waals surface area contributed by atoms with Crippen LogP contribution in [0.15, 0.2) is 35.1 Å². The first kappa shape index (κ1) is 14.6. The highest BCUT2D eigenvalue weighted by Crippen LogP contribution is 2.19. The van der Waals surface area contributed by atoms with Crippen LogP contribution >= 0.6 is 0 Å². The van der Waals surface area contributed by atoms with Crippen LogP contribution in [0.5, 0.6) is 5.88 Å². The number of rotatable bonds is 4. The standard InChI is InChI=1S/C14H15N3O4/c1-20-11-6-7-12(18)17(16-11)8-9-4-3-5-10(15)13(9)14(19)21-2/h3-7H,8,15H2,1-2H3. The number of carbonyl (C=O) groups excluding carboxylic acids is 1. The summed E-state index contributed by atoms with van der Waals surface area (Å²) >= 11 is 0. The van der Waals surface area contributed by atoms with Gasteiger partial charge in [-0.05, 0) is 11.6 Å². The molecular formula is C14H15N3O4. The van der Waals surface area contributed by atoms with E-state index in [1.807, 2.05) is 0 Å². The smallest absolute Gasteiger partial charge is 0.340 e. The molecule has 1 aromatic carbocycles. The Bertz CT molecular complexity index is 724. The molecular weight excluding hydrogens is 274 g/mol. The second kappa shape index (κ2) is 6.08. The van der Waals surface area contributed by atoms with Crippen molar-refractivity contribution in [3.8, 4) is 5.88 Å². The quantitative estimate of drug-likeness (QED) is 0.656. The molecule has 0 fully saturated rings. The Morgan fingerprint density at radius 2 is 2.05 bits per heavy atom. The van der Waals surface area contributed by atoms with E-state index in [0.29, 0.717) is 11.4 Å². The van der Waals surface area contributed by atoms with Crippen molar-refractivity contribution in [3.05, 3.63) is 51.8 Å². The lowest BCUT2D eigenvalue weighted by molar-refractivity contribution is 0.0600. The Kier molecular flexibility index (Phi) is 4.22. The molecule has 0 atom stereocenters. The Hall–Kier alpha value is -2.83. The number of anilines is 1. The summed E-state index contributed by atoms with van der Waals surface area (Å²) in [6, 6.07) is 7.80. The fourth-order valence-corrected chi connectivity index (χ4v) is 1.92. The van der Waals surface area contributed by atoms with E-state index in [0.717, 1.165) is 0 Å². The first-order chi connectivity index (χ1) is 10.1. The van der Waals surface area contributed by atoms with Crippen LogP contribution in [0.4, 0.5) is 5.69 Å². The average Bonchev–Trinajstić information content (AvgIpc) is 2.49. The number of nitrogens with zero attached hydrogens (tertiary/aromatic N) is 2. The van der Waals surface area contributed by atoms with Crippen molar-refractivity contribution in [2.24, 2.45) is 0 Å². The molecule has 7 heteroatoms. The molecule has 110 valence electrons. The molecule has 0 aliphatic heterocycles. The van der Waals surface area contributed by atoms with Gasteiger partial charge in [0, 0.05) is 17.8 Å². The zero-order chi connectivity index (χ0) is 15.4. The maximum atomic E-state index is 11.8. The SMILES string of the molecule is COC(=O)c1c(N)cccc1Cn1nc(OC)ccc1=O. The number of esters is 1. The van der Waals surface area contributed by atoms with Crippen molar-refractivity contribution in [2.75, 3.05) is 20.0 Å². The van der Waals surface area contributed by atoms with Gasteiger partial charge in [-0.3, -0.25) is 4.79 Å². The maximum absolute atomic E-state index is 11.8. The molecule has 0 saturated heterocycles. The van der Waals surface area contributed by atoms with Crippen LogP contribution in [-0.2, 0) is 11.3 Å². The van der Waals surface area contributed by atoms with E-state index >= 15 is 0 Å². The second-order valence-electron chi connectivity index (χ2n) is 4.24. The van der Waals surface area contributed by atoms with Crippen molar-refractivity contribution in [3.63, 3.8) is 0 Å². The van der Waals surface area contributed by atoms with E-state index in [1.165, 1.54) is 31.0 Å². The third-order valence-electron chi connectivity index (χ3n) is 2.94. The minimum atomic E-state index is -0.556. The minimum absolute atomic E-state index is 0.0888. The van der Waals surface area contributed by atoms with Crippen molar-refractivity contribution < 1.29 is 14.3 Å². The first-order valence-electron chi connectivity index (χ1n) is 6.14. The van der Waals surface area contributed by atoms with Gasteiger partial charge >= 0.3 is 5.97 Å². The fourth-order valence-electron chi connectivity index (χ4n) is 1.92. The van der Waals surface area contributed by atoms with Gasteiger partial charge in [0.2, 0.25) is 5.88 Å². The molecule has 2 aromatic rings. The summed E-state index contributed by atoms with van der Waals surface area (Å²) in [6.07, 6.45) is 0. The van der Waals surface area contributed by atoms with Crippen molar-refractivity contribution in [1.82, 2.24) is 9.78 Å². The van der Waals surface area contributed by atoms with Crippen LogP contribution in [0.3, 0.4) is 0 Å². The van der Waals surface area contributed by atoms with E-state index in [-0.39, 0.29) is 23.4 Å². The third-order valence-corrected chi connectivity index (χ3v) is 2.94. The molecule has 1 aromatic heterocycles. The van der Waals surface area contributed by atoms with Crippen LogP contribution in [0.25, 0.3) is 0 Å². The van der Waals surface area contributed by atoms with Crippen molar-refractivity contribution >= 4 is 11.7 Å². The molecule has 0 unspecified atom stereocenters. The zero-order valence-electron chi connectivity index (χ0n) is 11.7. The summed E-state index contributed by atoms with van der Waals surface area (Å²) in [4.78, 5) is 23.6.